The lowest BCUT2D eigenvalue weighted by molar-refractivity contribution is 0.0146. The van der Waals surface area contributed by atoms with E-state index >= 15 is 0 Å². The van der Waals surface area contributed by atoms with E-state index in [-0.39, 0.29) is 25.0 Å². The minimum atomic E-state index is -0.757. The van der Waals surface area contributed by atoms with Gasteiger partial charge in [-0.1, -0.05) is 0 Å². The first-order valence-electron chi connectivity index (χ1n) is 5.21. The van der Waals surface area contributed by atoms with E-state index in [4.69, 9.17) is 23.1 Å². The van der Waals surface area contributed by atoms with Crippen molar-refractivity contribution in [3.63, 3.8) is 0 Å². The van der Waals surface area contributed by atoms with Gasteiger partial charge in [-0.15, -0.1) is 0 Å². The molecule has 0 saturated carbocycles. The molecule has 0 aromatic carbocycles. The van der Waals surface area contributed by atoms with Gasteiger partial charge < -0.3 is 26.6 Å². The largest absolute Gasteiger partial charge is 0.394 e. The van der Waals surface area contributed by atoms with Gasteiger partial charge in [-0.05, 0) is 12.2 Å². The van der Waals surface area contributed by atoms with Gasteiger partial charge in [0, 0.05) is 6.54 Å². The summed E-state index contributed by atoms with van der Waals surface area (Å²) < 4.78 is 0. The number of aliphatic hydroxyl groups excluding tert-OH is 2. The summed E-state index contributed by atoms with van der Waals surface area (Å²) in [5, 5.41) is 28.1. The highest BCUT2D eigenvalue weighted by Gasteiger charge is 2.41. The van der Waals surface area contributed by atoms with E-state index in [0.29, 0.717) is 18.3 Å². The third kappa shape index (κ3) is 2.26. The molecule has 0 bridgehead atoms. The van der Waals surface area contributed by atoms with Gasteiger partial charge in [0.1, 0.15) is 6.17 Å². The van der Waals surface area contributed by atoms with Gasteiger partial charge in [-0.25, -0.2) is 0 Å². The average molecular weight is 247 g/mol. The molecule has 2 aliphatic rings. The maximum absolute atomic E-state index is 9.43. The zero-order valence-corrected chi connectivity index (χ0v) is 9.57. The summed E-state index contributed by atoms with van der Waals surface area (Å²) in [6.45, 7) is 0.670. The van der Waals surface area contributed by atoms with E-state index in [0.717, 1.165) is 0 Å². The normalized spacial score (nSPS) is 36.4. The Bertz CT molecular complexity index is 279. The molecule has 0 aromatic heterocycles. The molecule has 16 heavy (non-hydrogen) atoms. The minimum Gasteiger partial charge on any atom is -0.394 e. The molecule has 4 unspecified atom stereocenters. The fourth-order valence-corrected chi connectivity index (χ4v) is 2.31. The Morgan fingerprint density at radius 2 is 2.31 bits per heavy atom. The lowest BCUT2D eigenvalue weighted by atomic mass is 10.1. The van der Waals surface area contributed by atoms with Crippen molar-refractivity contribution in [2.24, 2.45) is 5.73 Å². The molecule has 0 spiro atoms. The number of rotatable bonds is 3. The monoisotopic (exact) mass is 247 g/mol. The second-order valence-electron chi connectivity index (χ2n) is 4.08. The fraction of sp³-hybridized carbons (Fsp3) is 0.875. The Kier molecular flexibility index (Phi) is 3.57. The summed E-state index contributed by atoms with van der Waals surface area (Å²) in [6, 6.07) is -0.0212. The number of fused-ring (bicyclic) bond motifs is 1. The van der Waals surface area contributed by atoms with E-state index in [1.807, 2.05) is 4.90 Å². The van der Waals surface area contributed by atoms with Crippen LogP contribution in [-0.4, -0.2) is 64.5 Å². The highest BCUT2D eigenvalue weighted by atomic mass is 32.1. The predicted octanol–water partition coefficient (Wildman–Crippen LogP) is -3.34. The van der Waals surface area contributed by atoms with Crippen molar-refractivity contribution in [2.45, 2.75) is 24.5 Å². The number of thiocarbonyl (C=S) groups is 1. The van der Waals surface area contributed by atoms with Gasteiger partial charge in [-0.2, -0.15) is 0 Å². The lowest BCUT2D eigenvalue weighted by Crippen LogP contribution is -2.68. The third-order valence-corrected chi connectivity index (χ3v) is 3.12. The van der Waals surface area contributed by atoms with E-state index in [1.165, 1.54) is 0 Å². The standard InChI is InChI=1S/C8H17N5O2S/c9-6-5-7(12-8(16)11-5)13(3-10-6)1-4(15)2-14/h4-7,10,14-15H,1-3,9H2,(H2,11,12,16). The van der Waals surface area contributed by atoms with Crippen molar-refractivity contribution >= 4 is 17.3 Å². The van der Waals surface area contributed by atoms with Crippen LogP contribution < -0.4 is 21.7 Å². The second-order valence-corrected chi connectivity index (χ2v) is 4.49. The van der Waals surface area contributed by atoms with Crippen molar-refractivity contribution < 1.29 is 10.2 Å². The van der Waals surface area contributed by atoms with Crippen molar-refractivity contribution in [3.8, 4) is 0 Å². The number of nitrogens with one attached hydrogen (secondary N) is 3. The Morgan fingerprint density at radius 3 is 3.00 bits per heavy atom. The van der Waals surface area contributed by atoms with Crippen molar-refractivity contribution in [1.29, 1.82) is 0 Å². The average Bonchev–Trinajstić information content (AvgIpc) is 2.65. The summed E-state index contributed by atoms with van der Waals surface area (Å²) in [4.78, 5) is 1.96. The molecule has 4 atom stereocenters. The third-order valence-electron chi connectivity index (χ3n) is 2.88. The van der Waals surface area contributed by atoms with Crippen LogP contribution in [0.1, 0.15) is 0 Å². The highest BCUT2D eigenvalue weighted by molar-refractivity contribution is 7.80. The summed E-state index contributed by atoms with van der Waals surface area (Å²) in [6.07, 6.45) is -0.974. The quantitative estimate of drug-likeness (QED) is 0.288. The lowest BCUT2D eigenvalue weighted by Gasteiger charge is -2.40. The van der Waals surface area contributed by atoms with Gasteiger partial charge in [0.25, 0.3) is 0 Å². The molecular formula is C8H17N5O2S. The van der Waals surface area contributed by atoms with Crippen LogP contribution in [-0.2, 0) is 0 Å². The maximum atomic E-state index is 9.43. The molecule has 92 valence electrons. The molecule has 2 fully saturated rings. The van der Waals surface area contributed by atoms with Crippen LogP contribution in [0.5, 0.6) is 0 Å². The van der Waals surface area contributed by atoms with Crippen LogP contribution in [0.15, 0.2) is 0 Å². The molecule has 2 aliphatic heterocycles. The Labute approximate surface area is 99.0 Å². The van der Waals surface area contributed by atoms with Gasteiger partial charge in [0.15, 0.2) is 5.11 Å². The van der Waals surface area contributed by atoms with Gasteiger partial charge in [-0.3, -0.25) is 10.2 Å². The predicted molar refractivity (Wildman–Crippen MR) is 62.2 cm³/mol. The molecular weight excluding hydrogens is 230 g/mol. The van der Waals surface area contributed by atoms with Gasteiger partial charge in [0.05, 0.1) is 31.6 Å². The molecule has 0 aromatic rings. The van der Waals surface area contributed by atoms with E-state index < -0.39 is 6.10 Å². The van der Waals surface area contributed by atoms with Crippen molar-refractivity contribution in [3.05, 3.63) is 0 Å². The Balaban J connectivity index is 2.01. The smallest absolute Gasteiger partial charge is 0.168 e. The first kappa shape index (κ1) is 12.0. The summed E-state index contributed by atoms with van der Waals surface area (Å²) in [5.74, 6) is 0. The maximum Gasteiger partial charge on any atom is 0.168 e. The topological polar surface area (TPSA) is 106 Å². The molecule has 2 rings (SSSR count). The van der Waals surface area contributed by atoms with Crippen molar-refractivity contribution in [1.82, 2.24) is 20.9 Å². The molecule has 8 heteroatoms. The minimum absolute atomic E-state index is 0.0212. The van der Waals surface area contributed by atoms with Gasteiger partial charge >= 0.3 is 0 Å². The Hall–Kier alpha value is -0.510. The van der Waals surface area contributed by atoms with Crippen LogP contribution in [0.4, 0.5) is 0 Å². The summed E-state index contributed by atoms with van der Waals surface area (Å²) in [7, 11) is 0. The van der Waals surface area contributed by atoms with Crippen LogP contribution in [0.2, 0.25) is 0 Å². The second kappa shape index (κ2) is 4.78. The highest BCUT2D eigenvalue weighted by Crippen LogP contribution is 2.13. The number of nitrogens with zero attached hydrogens (tertiary/aromatic N) is 1. The number of nitrogens with two attached hydrogens (primary N) is 1. The number of hydrogen-bond donors (Lipinski definition) is 6. The van der Waals surface area contributed by atoms with Crippen LogP contribution in [0.25, 0.3) is 0 Å². The fourth-order valence-electron chi connectivity index (χ4n) is 2.06. The van der Waals surface area contributed by atoms with E-state index in [2.05, 4.69) is 16.0 Å². The van der Waals surface area contributed by atoms with E-state index in [9.17, 15) is 5.11 Å². The molecule has 0 radical (unpaired) electrons. The zero-order valence-electron chi connectivity index (χ0n) is 8.76. The number of hydrogen-bond acceptors (Lipinski definition) is 6. The molecule has 0 aliphatic carbocycles. The number of aliphatic hydroxyl groups is 2. The molecule has 2 saturated heterocycles. The Morgan fingerprint density at radius 1 is 1.56 bits per heavy atom. The summed E-state index contributed by atoms with van der Waals surface area (Å²) >= 11 is 5.04. The van der Waals surface area contributed by atoms with Crippen LogP contribution in [0.3, 0.4) is 0 Å². The van der Waals surface area contributed by atoms with Gasteiger partial charge in [0.2, 0.25) is 0 Å². The first-order valence-corrected chi connectivity index (χ1v) is 5.61. The molecule has 0 amide bonds. The van der Waals surface area contributed by atoms with E-state index in [1.54, 1.807) is 0 Å². The number of β-amino-alcohol motifs (C(OH)–C–C–N with tert-alkyl or cyclic N) is 1. The van der Waals surface area contributed by atoms with Crippen LogP contribution >= 0.6 is 12.2 Å². The zero-order chi connectivity index (χ0) is 11.7. The summed E-state index contributed by atoms with van der Waals surface area (Å²) in [5.41, 5.74) is 5.90. The van der Waals surface area contributed by atoms with Crippen LogP contribution in [0, 0.1) is 0 Å². The molecule has 7 N–H and O–H groups in total. The molecule has 2 heterocycles. The first-order chi connectivity index (χ1) is 7.61. The molecule has 7 nitrogen and oxygen atoms in total. The SMILES string of the molecule is NC1NCN(CC(O)CO)C2NC(=S)NC12. The van der Waals surface area contributed by atoms with Crippen molar-refractivity contribution in [2.75, 3.05) is 19.8 Å².